The minimum atomic E-state index is -0.240. The van der Waals surface area contributed by atoms with E-state index in [0.29, 0.717) is 11.4 Å². The second kappa shape index (κ2) is 9.74. The summed E-state index contributed by atoms with van der Waals surface area (Å²) < 4.78 is 1.06. The molecule has 0 aliphatic carbocycles. The molecule has 2 aliphatic rings. The maximum absolute atomic E-state index is 12.8. The molecule has 0 bridgehead atoms. The first-order chi connectivity index (χ1) is 18.4. The summed E-state index contributed by atoms with van der Waals surface area (Å²) in [5.41, 5.74) is 5.23. The van der Waals surface area contributed by atoms with Crippen LogP contribution in [-0.2, 0) is 4.79 Å². The quantitative estimate of drug-likeness (QED) is 0.339. The molecule has 8 nitrogen and oxygen atoms in total. The summed E-state index contributed by atoms with van der Waals surface area (Å²) in [6, 6.07) is 14.3. The van der Waals surface area contributed by atoms with E-state index in [0.717, 1.165) is 75.5 Å². The van der Waals surface area contributed by atoms with Gasteiger partial charge in [0.1, 0.15) is 4.88 Å². The van der Waals surface area contributed by atoms with Crippen molar-refractivity contribution in [2.75, 3.05) is 55.3 Å². The number of hydrogen-bond acceptors (Lipinski definition) is 7. The van der Waals surface area contributed by atoms with Gasteiger partial charge in [0.05, 0.1) is 28.3 Å². The van der Waals surface area contributed by atoms with Crippen molar-refractivity contribution in [2.45, 2.75) is 13.0 Å². The number of rotatable bonds is 4. The Morgan fingerprint density at radius 2 is 1.97 bits per heavy atom. The average molecular weight is 527 g/mol. The maximum Gasteiger partial charge on any atom is 0.263 e. The van der Waals surface area contributed by atoms with Crippen LogP contribution >= 0.6 is 11.3 Å². The number of carbonyl (C=O) groups excluding carboxylic acids is 2. The lowest BCUT2D eigenvalue weighted by molar-refractivity contribution is -0.111. The van der Waals surface area contributed by atoms with Crippen molar-refractivity contribution in [3.63, 3.8) is 0 Å². The number of aromatic nitrogens is 1. The molecule has 38 heavy (non-hydrogen) atoms. The minimum absolute atomic E-state index is 0.0361. The van der Waals surface area contributed by atoms with E-state index in [1.54, 1.807) is 0 Å². The molecule has 4 heterocycles. The van der Waals surface area contributed by atoms with Crippen molar-refractivity contribution in [1.29, 1.82) is 0 Å². The fourth-order valence-corrected chi connectivity index (χ4v) is 6.29. The predicted octanol–water partition coefficient (Wildman–Crippen LogP) is 4.54. The molecule has 6 rings (SSSR count). The van der Waals surface area contributed by atoms with Gasteiger partial charge in [0.25, 0.3) is 5.91 Å². The van der Waals surface area contributed by atoms with Gasteiger partial charge in [-0.15, -0.1) is 11.3 Å². The third-order valence-corrected chi connectivity index (χ3v) is 8.42. The third kappa shape index (κ3) is 4.37. The number of nitrogens with one attached hydrogen (secondary N) is 3. The van der Waals surface area contributed by atoms with Crippen LogP contribution in [0.4, 0.5) is 17.1 Å². The first-order valence-electron chi connectivity index (χ1n) is 12.8. The largest absolute Gasteiger partial charge is 0.381 e. The SMILES string of the molecule is C=CC(=O)Nc1cc(-c2ccc3c(ccc4sc5c(c43)NCC(C)NC5=O)n2)ccc1N1CCN(C)CC1. The number of hydrogen-bond donors (Lipinski definition) is 3. The first-order valence-corrected chi connectivity index (χ1v) is 13.7. The van der Waals surface area contributed by atoms with Gasteiger partial charge >= 0.3 is 0 Å². The van der Waals surface area contributed by atoms with Gasteiger partial charge in [-0.25, -0.2) is 4.98 Å². The molecule has 2 amide bonds. The van der Waals surface area contributed by atoms with E-state index in [1.807, 2.05) is 31.2 Å². The van der Waals surface area contributed by atoms with Crippen LogP contribution in [0.2, 0.25) is 0 Å². The number of carbonyl (C=O) groups is 2. The summed E-state index contributed by atoms with van der Waals surface area (Å²) in [7, 11) is 2.12. The van der Waals surface area contributed by atoms with E-state index >= 15 is 0 Å². The molecular formula is C29H30N6O2S. The van der Waals surface area contributed by atoms with Gasteiger partial charge in [0.2, 0.25) is 5.91 Å². The zero-order valence-electron chi connectivity index (χ0n) is 21.5. The van der Waals surface area contributed by atoms with Crippen molar-refractivity contribution in [3.05, 3.63) is 60.0 Å². The lowest BCUT2D eigenvalue weighted by Gasteiger charge is -2.35. The molecule has 1 saturated heterocycles. The van der Waals surface area contributed by atoms with E-state index in [9.17, 15) is 9.59 Å². The van der Waals surface area contributed by atoms with Gasteiger partial charge in [-0.2, -0.15) is 0 Å². The van der Waals surface area contributed by atoms with Crippen LogP contribution in [0.25, 0.3) is 32.2 Å². The van der Waals surface area contributed by atoms with Crippen LogP contribution in [0.5, 0.6) is 0 Å². The number of nitrogens with zero attached hydrogens (tertiary/aromatic N) is 3. The molecule has 3 N–H and O–H groups in total. The zero-order chi connectivity index (χ0) is 26.4. The van der Waals surface area contributed by atoms with E-state index < -0.39 is 0 Å². The first kappa shape index (κ1) is 24.4. The Morgan fingerprint density at radius 3 is 2.76 bits per heavy atom. The summed E-state index contributed by atoms with van der Waals surface area (Å²) in [6.07, 6.45) is 1.29. The molecule has 0 radical (unpaired) electrons. The fraction of sp³-hybridized carbons (Fsp3) is 0.276. The summed E-state index contributed by atoms with van der Waals surface area (Å²) >= 11 is 1.51. The fourth-order valence-electron chi connectivity index (χ4n) is 5.19. The van der Waals surface area contributed by atoms with Gasteiger partial charge in [-0.1, -0.05) is 12.6 Å². The van der Waals surface area contributed by atoms with Crippen molar-refractivity contribution in [3.8, 4) is 11.3 Å². The second-order valence-electron chi connectivity index (χ2n) is 9.98. The van der Waals surface area contributed by atoms with Crippen LogP contribution in [0.15, 0.2) is 55.1 Å². The second-order valence-corrected chi connectivity index (χ2v) is 11.0. The normalized spacial score (nSPS) is 18.0. The summed E-state index contributed by atoms with van der Waals surface area (Å²) in [5.74, 6) is -0.277. The van der Waals surface area contributed by atoms with Gasteiger partial charge in [-0.05, 0) is 56.4 Å². The van der Waals surface area contributed by atoms with Crippen LogP contribution in [0.1, 0.15) is 16.6 Å². The molecule has 194 valence electrons. The molecule has 2 aliphatic heterocycles. The van der Waals surface area contributed by atoms with Crippen LogP contribution < -0.4 is 20.9 Å². The van der Waals surface area contributed by atoms with E-state index in [4.69, 9.17) is 4.98 Å². The number of fused-ring (bicyclic) bond motifs is 5. The van der Waals surface area contributed by atoms with Gasteiger partial charge in [0, 0.05) is 59.8 Å². The number of anilines is 3. The Hall–Kier alpha value is -3.95. The topological polar surface area (TPSA) is 89.6 Å². The van der Waals surface area contributed by atoms with Crippen LogP contribution in [0.3, 0.4) is 0 Å². The Bertz CT molecular complexity index is 1590. The molecule has 1 unspecified atom stereocenters. The standard InChI is InChI=1S/C29H30N6O2S/c1-4-25(36)33-22-15-18(5-9-23(22)35-13-11-34(3)12-14-35)20-7-6-19-21(32-20)8-10-24-26(19)27-28(38-24)29(37)31-17(2)16-30-27/h4-10,15,17,30H,1,11-14,16H2,2-3H3,(H,31,37)(H,33,36). The predicted molar refractivity (Wildman–Crippen MR) is 157 cm³/mol. The molecule has 2 aromatic carbocycles. The molecule has 4 aromatic rings. The average Bonchev–Trinajstić information content (AvgIpc) is 3.25. The molecule has 9 heteroatoms. The maximum atomic E-state index is 12.8. The lowest BCUT2D eigenvalue weighted by Crippen LogP contribution is -2.44. The number of piperazine rings is 1. The monoisotopic (exact) mass is 526 g/mol. The summed E-state index contributed by atoms with van der Waals surface area (Å²) in [4.78, 5) is 35.3. The van der Waals surface area contributed by atoms with E-state index in [-0.39, 0.29) is 17.9 Å². The minimum Gasteiger partial charge on any atom is -0.381 e. The number of pyridine rings is 1. The van der Waals surface area contributed by atoms with Crippen molar-refractivity contribution >= 4 is 61.2 Å². The highest BCUT2D eigenvalue weighted by atomic mass is 32.1. The number of likely N-dealkylation sites (N-methyl/N-ethyl adjacent to an activating group) is 1. The molecule has 2 aromatic heterocycles. The smallest absolute Gasteiger partial charge is 0.263 e. The highest BCUT2D eigenvalue weighted by Gasteiger charge is 2.25. The van der Waals surface area contributed by atoms with E-state index in [1.165, 1.54) is 17.4 Å². The van der Waals surface area contributed by atoms with Crippen LogP contribution in [0, 0.1) is 0 Å². The highest BCUT2D eigenvalue weighted by Crippen LogP contribution is 2.41. The highest BCUT2D eigenvalue weighted by molar-refractivity contribution is 7.21. The van der Waals surface area contributed by atoms with Gasteiger partial charge in [-0.3, -0.25) is 9.59 Å². The van der Waals surface area contributed by atoms with Gasteiger partial charge < -0.3 is 25.8 Å². The van der Waals surface area contributed by atoms with Gasteiger partial charge in [0.15, 0.2) is 0 Å². The molecular weight excluding hydrogens is 496 g/mol. The lowest BCUT2D eigenvalue weighted by atomic mass is 10.0. The zero-order valence-corrected chi connectivity index (χ0v) is 22.3. The summed E-state index contributed by atoms with van der Waals surface area (Å²) in [6.45, 7) is 10.0. The molecule has 0 spiro atoms. The third-order valence-electron chi connectivity index (χ3n) is 7.27. The molecule has 0 saturated carbocycles. The molecule has 1 atom stereocenters. The Kier molecular flexibility index (Phi) is 6.25. The van der Waals surface area contributed by atoms with Crippen LogP contribution in [-0.4, -0.2) is 67.5 Å². The van der Waals surface area contributed by atoms with Crippen molar-refractivity contribution in [2.24, 2.45) is 0 Å². The molecule has 1 fully saturated rings. The number of benzene rings is 2. The summed E-state index contributed by atoms with van der Waals surface area (Å²) in [5, 5.41) is 11.6. The Labute approximate surface area is 225 Å². The number of amides is 2. The number of thiophene rings is 1. The van der Waals surface area contributed by atoms with E-state index in [2.05, 4.69) is 57.6 Å². The Balaban J connectivity index is 1.41. The van der Waals surface area contributed by atoms with Crippen molar-refractivity contribution < 1.29 is 9.59 Å². The van der Waals surface area contributed by atoms with Crippen molar-refractivity contribution in [1.82, 2.24) is 15.2 Å². The Morgan fingerprint density at radius 1 is 1.16 bits per heavy atom.